The van der Waals surface area contributed by atoms with Crippen molar-refractivity contribution in [1.29, 1.82) is 0 Å². The van der Waals surface area contributed by atoms with Crippen molar-refractivity contribution in [3.8, 4) is 0 Å². The van der Waals surface area contributed by atoms with E-state index in [0.29, 0.717) is 19.4 Å². The fourth-order valence-electron chi connectivity index (χ4n) is 4.74. The highest BCUT2D eigenvalue weighted by Crippen LogP contribution is 2.29. The lowest BCUT2D eigenvalue weighted by molar-refractivity contribution is -0.150. The van der Waals surface area contributed by atoms with Crippen LogP contribution in [0.4, 0.5) is 4.79 Å². The number of carboxylic acids is 1. The zero-order valence-corrected chi connectivity index (χ0v) is 19.9. The number of carbonyl (C=O) groups is 4. The molecule has 2 fully saturated rings. The first-order valence-corrected chi connectivity index (χ1v) is 12.1. The van der Waals surface area contributed by atoms with Crippen molar-refractivity contribution < 1.29 is 29.0 Å². The number of ether oxygens (including phenoxy) is 1. The molecule has 0 aromatic heterocycles. The van der Waals surface area contributed by atoms with Gasteiger partial charge in [-0.3, -0.25) is 14.5 Å². The summed E-state index contributed by atoms with van der Waals surface area (Å²) in [4.78, 5) is 53.3. The predicted molar refractivity (Wildman–Crippen MR) is 125 cm³/mol. The lowest BCUT2D eigenvalue weighted by Gasteiger charge is -2.35. The Balaban J connectivity index is 1.65. The predicted octanol–water partition coefficient (Wildman–Crippen LogP) is 2.78. The number of nitrogens with one attached hydrogen (secondary N) is 1. The standard InChI is InChI=1S/C25H35N3O6/c1-17(27(2)25(33)34-16-18-10-5-3-6-11-18)22(29)26-21(19-12-7-4-8-13-19)23(30)28-15-9-14-20(28)24(31)32/h3,5-6,10-11,17,19-21H,4,7-9,12-16H2,1-2H3,(H,26,29)(H,31,32)/t17-,20-,21-/m0/s1. The van der Waals surface area contributed by atoms with Gasteiger partial charge in [-0.25, -0.2) is 9.59 Å². The lowest BCUT2D eigenvalue weighted by Crippen LogP contribution is -2.58. The first kappa shape index (κ1) is 25.5. The monoisotopic (exact) mass is 473 g/mol. The summed E-state index contributed by atoms with van der Waals surface area (Å²) in [6, 6.07) is 6.72. The third-order valence-corrected chi connectivity index (χ3v) is 6.96. The number of aliphatic carboxylic acids is 1. The van der Waals surface area contributed by atoms with Crippen molar-refractivity contribution in [2.75, 3.05) is 13.6 Å². The van der Waals surface area contributed by atoms with Gasteiger partial charge < -0.3 is 20.1 Å². The van der Waals surface area contributed by atoms with Gasteiger partial charge in [0.2, 0.25) is 11.8 Å². The summed E-state index contributed by atoms with van der Waals surface area (Å²) in [7, 11) is 1.48. The molecule has 1 aromatic rings. The second-order valence-electron chi connectivity index (χ2n) is 9.24. The molecule has 1 heterocycles. The van der Waals surface area contributed by atoms with E-state index in [0.717, 1.165) is 37.7 Å². The number of hydrogen-bond donors (Lipinski definition) is 2. The highest BCUT2D eigenvalue weighted by Gasteiger charge is 2.41. The molecule has 34 heavy (non-hydrogen) atoms. The van der Waals surface area contributed by atoms with Crippen LogP contribution in [0, 0.1) is 5.92 Å². The van der Waals surface area contributed by atoms with Gasteiger partial charge in [0.25, 0.3) is 0 Å². The lowest BCUT2D eigenvalue weighted by atomic mass is 9.83. The molecule has 2 N–H and O–H groups in total. The van der Waals surface area contributed by atoms with Gasteiger partial charge in [-0.1, -0.05) is 49.6 Å². The van der Waals surface area contributed by atoms with Crippen molar-refractivity contribution in [1.82, 2.24) is 15.1 Å². The van der Waals surface area contributed by atoms with Crippen molar-refractivity contribution in [3.63, 3.8) is 0 Å². The second-order valence-corrected chi connectivity index (χ2v) is 9.24. The number of nitrogens with zero attached hydrogens (tertiary/aromatic N) is 2. The van der Waals surface area contributed by atoms with E-state index in [1.807, 2.05) is 30.3 Å². The molecule has 1 aliphatic carbocycles. The molecular weight excluding hydrogens is 438 g/mol. The normalized spacial score (nSPS) is 20.3. The van der Waals surface area contributed by atoms with E-state index in [9.17, 15) is 24.3 Å². The van der Waals surface area contributed by atoms with Crippen LogP contribution in [0.3, 0.4) is 0 Å². The Hall–Kier alpha value is -3.10. The number of benzene rings is 1. The van der Waals surface area contributed by atoms with Gasteiger partial charge in [0, 0.05) is 13.6 Å². The average molecular weight is 474 g/mol. The number of carbonyl (C=O) groups excluding carboxylic acids is 3. The first-order valence-electron chi connectivity index (χ1n) is 12.1. The van der Waals surface area contributed by atoms with Crippen LogP contribution in [-0.4, -0.2) is 70.5 Å². The molecule has 1 saturated heterocycles. The number of likely N-dealkylation sites (N-methyl/N-ethyl adjacent to an activating group) is 1. The molecule has 1 saturated carbocycles. The topological polar surface area (TPSA) is 116 Å². The summed E-state index contributed by atoms with van der Waals surface area (Å²) in [6.07, 6.45) is 5.01. The number of amides is 3. The summed E-state index contributed by atoms with van der Waals surface area (Å²) in [6.45, 7) is 2.04. The van der Waals surface area contributed by atoms with Gasteiger partial charge in [0.1, 0.15) is 24.7 Å². The van der Waals surface area contributed by atoms with Crippen LogP contribution in [-0.2, 0) is 25.7 Å². The maximum Gasteiger partial charge on any atom is 0.410 e. The molecule has 186 valence electrons. The van der Waals surface area contributed by atoms with Gasteiger partial charge >= 0.3 is 12.1 Å². The Morgan fingerprint density at radius 1 is 1.09 bits per heavy atom. The molecule has 2 aliphatic rings. The van der Waals surface area contributed by atoms with Crippen LogP contribution in [0.25, 0.3) is 0 Å². The van der Waals surface area contributed by atoms with Gasteiger partial charge in [-0.05, 0) is 44.1 Å². The van der Waals surface area contributed by atoms with Crippen molar-refractivity contribution in [3.05, 3.63) is 35.9 Å². The number of rotatable bonds is 8. The van der Waals surface area contributed by atoms with Crippen LogP contribution in [0.2, 0.25) is 0 Å². The molecule has 0 bridgehead atoms. The number of carboxylic acid groups (broad SMARTS) is 1. The molecular formula is C25H35N3O6. The van der Waals surface area contributed by atoms with E-state index < -0.39 is 36.1 Å². The third kappa shape index (κ3) is 6.27. The Labute approximate surface area is 200 Å². The maximum absolute atomic E-state index is 13.4. The molecule has 3 atom stereocenters. The summed E-state index contributed by atoms with van der Waals surface area (Å²) >= 11 is 0. The van der Waals surface area contributed by atoms with E-state index in [-0.39, 0.29) is 18.4 Å². The molecule has 0 radical (unpaired) electrons. The van der Waals surface area contributed by atoms with Gasteiger partial charge in [0.15, 0.2) is 0 Å². The first-order chi connectivity index (χ1) is 16.3. The smallest absolute Gasteiger partial charge is 0.410 e. The maximum atomic E-state index is 13.4. The van der Waals surface area contributed by atoms with Crippen LogP contribution in [0.1, 0.15) is 57.4 Å². The zero-order valence-electron chi connectivity index (χ0n) is 19.9. The Morgan fingerprint density at radius 2 is 1.76 bits per heavy atom. The van der Waals surface area contributed by atoms with E-state index in [1.54, 1.807) is 6.92 Å². The van der Waals surface area contributed by atoms with Crippen LogP contribution < -0.4 is 5.32 Å². The average Bonchev–Trinajstić information content (AvgIpc) is 3.36. The minimum Gasteiger partial charge on any atom is -0.480 e. The van der Waals surface area contributed by atoms with E-state index in [1.165, 1.54) is 16.8 Å². The molecule has 3 amide bonds. The summed E-state index contributed by atoms with van der Waals surface area (Å²) in [5.74, 6) is -1.88. The van der Waals surface area contributed by atoms with Crippen LogP contribution in [0.5, 0.6) is 0 Å². The minimum absolute atomic E-state index is 0.0530. The molecule has 0 spiro atoms. The van der Waals surface area contributed by atoms with Crippen molar-refractivity contribution >= 4 is 23.9 Å². The molecule has 0 unspecified atom stereocenters. The second kappa shape index (κ2) is 11.9. The number of likely N-dealkylation sites (tertiary alicyclic amines) is 1. The fourth-order valence-corrected chi connectivity index (χ4v) is 4.74. The SMILES string of the molecule is C[C@@H](C(=O)N[C@H](C(=O)N1CCC[C@H]1C(=O)O)C1CCCCC1)N(C)C(=O)OCc1ccccc1. The number of hydrogen-bond acceptors (Lipinski definition) is 5. The Morgan fingerprint density at radius 3 is 2.41 bits per heavy atom. The third-order valence-electron chi connectivity index (χ3n) is 6.96. The fraction of sp³-hybridized carbons (Fsp3) is 0.600. The minimum atomic E-state index is -1.02. The Bertz CT molecular complexity index is 871. The quantitative estimate of drug-likeness (QED) is 0.600. The van der Waals surface area contributed by atoms with E-state index in [4.69, 9.17) is 4.74 Å². The van der Waals surface area contributed by atoms with E-state index >= 15 is 0 Å². The summed E-state index contributed by atoms with van der Waals surface area (Å²) < 4.78 is 5.32. The molecule has 9 nitrogen and oxygen atoms in total. The molecule has 3 rings (SSSR count). The summed E-state index contributed by atoms with van der Waals surface area (Å²) in [5.41, 5.74) is 0.836. The van der Waals surface area contributed by atoms with Crippen molar-refractivity contribution in [2.45, 2.75) is 76.6 Å². The largest absolute Gasteiger partial charge is 0.480 e. The van der Waals surface area contributed by atoms with E-state index in [2.05, 4.69) is 5.32 Å². The summed E-state index contributed by atoms with van der Waals surface area (Å²) in [5, 5.41) is 12.4. The molecule has 1 aliphatic heterocycles. The Kier molecular flexibility index (Phi) is 8.90. The van der Waals surface area contributed by atoms with Crippen molar-refractivity contribution in [2.24, 2.45) is 5.92 Å². The van der Waals surface area contributed by atoms with Gasteiger partial charge in [0.05, 0.1) is 0 Å². The molecule has 1 aromatic carbocycles. The highest BCUT2D eigenvalue weighted by molar-refractivity contribution is 5.93. The highest BCUT2D eigenvalue weighted by atomic mass is 16.6. The van der Waals surface area contributed by atoms with Crippen LogP contribution >= 0.6 is 0 Å². The van der Waals surface area contributed by atoms with Gasteiger partial charge in [-0.2, -0.15) is 0 Å². The molecule has 9 heteroatoms. The van der Waals surface area contributed by atoms with Crippen LogP contribution in [0.15, 0.2) is 30.3 Å². The van der Waals surface area contributed by atoms with Gasteiger partial charge in [-0.15, -0.1) is 0 Å². The zero-order chi connectivity index (χ0) is 24.7.